The summed E-state index contributed by atoms with van der Waals surface area (Å²) in [5.41, 5.74) is 7.44. The van der Waals surface area contributed by atoms with Crippen LogP contribution in [0.25, 0.3) is 43.1 Å². The maximum atomic E-state index is 2.70. The topological polar surface area (TPSA) is 0 Å². The standard InChI is InChI=1S/C52H48P2/c1-37(53-35-15-33-51(53,47-29-11-21-39-17-3-7-25-43(39)47)48-30-12-22-40-18-4-8-26-44(40)48)38(2)54-36-16-34-52(54,49-31-13-23-41-19-5-9-27-45(41)49)50-32-14-24-42-20-6-10-28-46(42)50/h3-14,17-32,37-38H,15-16,33-36H2,1-2H3. The van der Waals surface area contributed by atoms with E-state index in [2.05, 4.69) is 184 Å². The Balaban J connectivity index is 1.19. The van der Waals surface area contributed by atoms with E-state index >= 15 is 0 Å². The average Bonchev–Trinajstić information content (AvgIpc) is 3.89. The Morgan fingerprint density at radius 3 is 0.907 bits per heavy atom. The van der Waals surface area contributed by atoms with Crippen molar-refractivity contribution in [3.05, 3.63) is 192 Å². The van der Waals surface area contributed by atoms with Gasteiger partial charge in [-0.1, -0.05) is 200 Å². The van der Waals surface area contributed by atoms with Crippen LogP contribution in [-0.4, -0.2) is 23.6 Å². The fraction of sp³-hybridized carbons (Fsp3) is 0.231. The van der Waals surface area contributed by atoms with E-state index in [9.17, 15) is 0 Å². The van der Waals surface area contributed by atoms with Crippen LogP contribution < -0.4 is 0 Å². The first-order chi connectivity index (χ1) is 26.6. The van der Waals surface area contributed by atoms with Crippen LogP contribution in [-0.2, 0) is 10.3 Å². The number of hydrogen-bond donors (Lipinski definition) is 0. The lowest BCUT2D eigenvalue weighted by Crippen LogP contribution is -2.34. The molecule has 0 bridgehead atoms. The minimum Gasteiger partial charge on any atom is -0.0875 e. The zero-order valence-electron chi connectivity index (χ0n) is 31.5. The lowest BCUT2D eigenvalue weighted by atomic mass is 9.82. The summed E-state index contributed by atoms with van der Waals surface area (Å²) >= 11 is 0. The van der Waals surface area contributed by atoms with Crippen molar-refractivity contribution in [2.45, 2.75) is 61.2 Å². The van der Waals surface area contributed by atoms with E-state index in [1.54, 1.807) is 22.3 Å². The first-order valence-corrected chi connectivity index (χ1v) is 23.3. The second-order valence-corrected chi connectivity index (χ2v) is 21.8. The zero-order valence-corrected chi connectivity index (χ0v) is 33.2. The van der Waals surface area contributed by atoms with Gasteiger partial charge in [-0.2, -0.15) is 0 Å². The third-order valence-corrected chi connectivity index (χ3v) is 21.5. The summed E-state index contributed by atoms with van der Waals surface area (Å²) in [6.07, 6.45) is 7.65. The minimum absolute atomic E-state index is 0.0126. The molecule has 0 amide bonds. The van der Waals surface area contributed by atoms with E-state index in [0.717, 1.165) is 0 Å². The van der Waals surface area contributed by atoms with Gasteiger partial charge >= 0.3 is 0 Å². The molecule has 0 radical (unpaired) electrons. The van der Waals surface area contributed by atoms with Crippen molar-refractivity contribution in [1.29, 1.82) is 0 Å². The van der Waals surface area contributed by atoms with Gasteiger partial charge < -0.3 is 0 Å². The Morgan fingerprint density at radius 2 is 0.611 bits per heavy atom. The zero-order chi connectivity index (χ0) is 36.3. The van der Waals surface area contributed by atoms with E-state index < -0.39 is 15.8 Å². The quantitative estimate of drug-likeness (QED) is 0.143. The van der Waals surface area contributed by atoms with E-state index in [-0.39, 0.29) is 10.3 Å². The highest BCUT2D eigenvalue weighted by atomic mass is 31.1. The second kappa shape index (κ2) is 13.7. The van der Waals surface area contributed by atoms with Gasteiger partial charge in [-0.3, -0.25) is 0 Å². The van der Waals surface area contributed by atoms with Gasteiger partial charge in [0.25, 0.3) is 0 Å². The van der Waals surface area contributed by atoms with Crippen molar-refractivity contribution in [1.82, 2.24) is 0 Å². The monoisotopic (exact) mass is 734 g/mol. The summed E-state index contributed by atoms with van der Waals surface area (Å²) in [7, 11) is -0.881. The number of fused-ring (bicyclic) bond motifs is 4. The van der Waals surface area contributed by atoms with Crippen LogP contribution in [0.3, 0.4) is 0 Å². The van der Waals surface area contributed by atoms with Crippen molar-refractivity contribution < 1.29 is 0 Å². The van der Waals surface area contributed by atoms with Crippen molar-refractivity contribution in [3.63, 3.8) is 0 Å². The van der Waals surface area contributed by atoms with Crippen LogP contribution in [0.15, 0.2) is 170 Å². The molecule has 2 saturated heterocycles. The van der Waals surface area contributed by atoms with Crippen molar-refractivity contribution in [3.8, 4) is 0 Å². The van der Waals surface area contributed by atoms with Gasteiger partial charge in [0.15, 0.2) is 0 Å². The largest absolute Gasteiger partial charge is 0.0875 e. The molecule has 2 heterocycles. The molecule has 266 valence electrons. The van der Waals surface area contributed by atoms with Gasteiger partial charge in [0.2, 0.25) is 0 Å². The summed E-state index contributed by atoms with van der Waals surface area (Å²) in [6, 6.07) is 65.5. The molecule has 2 heteroatoms. The van der Waals surface area contributed by atoms with Gasteiger partial charge in [0.1, 0.15) is 0 Å². The lowest BCUT2D eigenvalue weighted by molar-refractivity contribution is 0.675. The molecule has 2 fully saturated rings. The van der Waals surface area contributed by atoms with Gasteiger partial charge in [-0.05, 0) is 115 Å². The molecule has 2 aliphatic heterocycles. The Labute approximate surface area is 323 Å². The highest BCUT2D eigenvalue weighted by molar-refractivity contribution is 7.64. The molecule has 54 heavy (non-hydrogen) atoms. The van der Waals surface area contributed by atoms with E-state index in [4.69, 9.17) is 0 Å². The number of benzene rings is 8. The summed E-state index contributed by atoms with van der Waals surface area (Å²) in [4.78, 5) is 0. The van der Waals surface area contributed by atoms with Gasteiger partial charge in [0, 0.05) is 10.3 Å². The highest BCUT2D eigenvalue weighted by Gasteiger charge is 2.54. The highest BCUT2D eigenvalue weighted by Crippen LogP contribution is 2.77. The minimum atomic E-state index is -0.441. The SMILES string of the molecule is CC(C(C)P1CCCC1(c1cccc2ccccc12)c1cccc2ccccc12)P1CCCC1(c1cccc2ccccc12)c1cccc2ccccc12. The van der Waals surface area contributed by atoms with Gasteiger partial charge in [0.05, 0.1) is 0 Å². The van der Waals surface area contributed by atoms with Crippen molar-refractivity contribution in [2.24, 2.45) is 0 Å². The molecule has 2 aliphatic rings. The Bertz CT molecular complexity index is 2290. The molecular weight excluding hydrogens is 687 g/mol. The van der Waals surface area contributed by atoms with E-state index in [1.165, 1.54) is 81.1 Å². The predicted molar refractivity (Wildman–Crippen MR) is 238 cm³/mol. The number of rotatable bonds is 7. The predicted octanol–water partition coefficient (Wildman–Crippen LogP) is 14.8. The molecule has 0 spiro atoms. The summed E-state index contributed by atoms with van der Waals surface area (Å²) in [5, 5.41) is 11.2. The van der Waals surface area contributed by atoms with Crippen LogP contribution in [0.2, 0.25) is 0 Å². The van der Waals surface area contributed by atoms with Crippen LogP contribution >= 0.6 is 15.8 Å². The molecule has 8 aromatic rings. The molecular formula is C52H48P2. The molecule has 0 aliphatic carbocycles. The van der Waals surface area contributed by atoms with Crippen LogP contribution in [0.1, 0.15) is 61.8 Å². The summed E-state index contributed by atoms with van der Waals surface area (Å²) in [5.74, 6) is 0. The normalized spacial score (nSPS) is 20.5. The smallest absolute Gasteiger partial charge is 0.0416 e. The van der Waals surface area contributed by atoms with E-state index in [0.29, 0.717) is 11.3 Å². The van der Waals surface area contributed by atoms with E-state index in [1.807, 2.05) is 0 Å². The third-order valence-electron chi connectivity index (χ3n) is 13.5. The Hall–Kier alpha value is -4.34. The first kappa shape index (κ1) is 34.2. The fourth-order valence-electron chi connectivity index (χ4n) is 11.1. The molecule has 0 aromatic heterocycles. The maximum Gasteiger partial charge on any atom is 0.0416 e. The first-order valence-electron chi connectivity index (χ1n) is 20.1. The third kappa shape index (κ3) is 5.17. The van der Waals surface area contributed by atoms with Gasteiger partial charge in [-0.25, -0.2) is 0 Å². The molecule has 8 aromatic carbocycles. The Morgan fingerprint density at radius 1 is 0.352 bits per heavy atom. The summed E-state index contributed by atoms with van der Waals surface area (Å²) in [6.45, 7) is 5.40. The maximum absolute atomic E-state index is 2.70. The van der Waals surface area contributed by atoms with Crippen LogP contribution in [0.4, 0.5) is 0 Å². The number of hydrogen-bond acceptors (Lipinski definition) is 0. The molecule has 4 atom stereocenters. The van der Waals surface area contributed by atoms with Crippen molar-refractivity contribution >= 4 is 58.9 Å². The van der Waals surface area contributed by atoms with Crippen molar-refractivity contribution in [2.75, 3.05) is 12.3 Å². The molecule has 0 saturated carbocycles. The van der Waals surface area contributed by atoms with Crippen LogP contribution in [0, 0.1) is 0 Å². The fourth-order valence-corrected chi connectivity index (χ4v) is 20.0. The average molecular weight is 735 g/mol. The second-order valence-electron chi connectivity index (χ2n) is 15.9. The molecule has 0 nitrogen and oxygen atoms in total. The molecule has 4 unspecified atom stereocenters. The van der Waals surface area contributed by atoms with Crippen LogP contribution in [0.5, 0.6) is 0 Å². The lowest BCUT2D eigenvalue weighted by Gasteiger charge is -2.48. The Kier molecular flexibility index (Phi) is 8.70. The molecule has 0 N–H and O–H groups in total. The molecule has 10 rings (SSSR count). The van der Waals surface area contributed by atoms with Gasteiger partial charge in [-0.15, -0.1) is 0 Å². The summed E-state index contributed by atoms with van der Waals surface area (Å²) < 4.78 is 0.